The van der Waals surface area contributed by atoms with E-state index in [4.69, 9.17) is 14.2 Å². The van der Waals surface area contributed by atoms with Crippen molar-refractivity contribution in [3.63, 3.8) is 0 Å². The summed E-state index contributed by atoms with van der Waals surface area (Å²) in [5, 5.41) is 4.68. The van der Waals surface area contributed by atoms with Gasteiger partial charge in [-0.1, -0.05) is 23.8 Å². The van der Waals surface area contributed by atoms with Crippen LogP contribution in [0.3, 0.4) is 0 Å². The molecule has 5 nitrogen and oxygen atoms in total. The molecular formula is C18H23NO4S. The van der Waals surface area contributed by atoms with Crippen LogP contribution in [0.25, 0.3) is 0 Å². The standard InChI is InChI=1S/C18H23NO4S/c1-15-4-6-16(7-5-15)23-13-12-22-11-10-21-9-8-19-18(20)17-3-2-14-24-17/h2-7,14H,8-13H2,1H3,(H,19,20). The SMILES string of the molecule is Cc1ccc(OCCOCCOCCNC(=O)c2cccs2)cc1. The second kappa shape index (κ2) is 10.8. The van der Waals surface area contributed by atoms with E-state index in [1.165, 1.54) is 16.9 Å². The highest BCUT2D eigenvalue weighted by atomic mass is 32.1. The Hall–Kier alpha value is -1.89. The van der Waals surface area contributed by atoms with Crippen LogP contribution >= 0.6 is 11.3 Å². The van der Waals surface area contributed by atoms with Crippen LogP contribution in [0.4, 0.5) is 0 Å². The topological polar surface area (TPSA) is 56.8 Å². The number of nitrogens with one attached hydrogen (secondary N) is 1. The molecule has 0 aliphatic rings. The zero-order valence-electron chi connectivity index (χ0n) is 13.8. The van der Waals surface area contributed by atoms with Gasteiger partial charge in [-0.15, -0.1) is 11.3 Å². The first-order valence-electron chi connectivity index (χ1n) is 7.92. The molecular weight excluding hydrogens is 326 g/mol. The van der Waals surface area contributed by atoms with Gasteiger partial charge in [0.1, 0.15) is 12.4 Å². The van der Waals surface area contributed by atoms with E-state index in [2.05, 4.69) is 5.32 Å². The Labute approximate surface area is 146 Å². The Bertz CT molecular complexity index is 584. The minimum Gasteiger partial charge on any atom is -0.491 e. The van der Waals surface area contributed by atoms with Gasteiger partial charge in [-0.3, -0.25) is 4.79 Å². The molecule has 0 radical (unpaired) electrons. The lowest BCUT2D eigenvalue weighted by molar-refractivity contribution is 0.0370. The highest BCUT2D eigenvalue weighted by Crippen LogP contribution is 2.10. The summed E-state index contributed by atoms with van der Waals surface area (Å²) in [5.41, 5.74) is 1.21. The predicted octanol–water partition coefficient (Wildman–Crippen LogP) is 2.90. The molecule has 130 valence electrons. The van der Waals surface area contributed by atoms with Crippen LogP contribution in [0.1, 0.15) is 15.2 Å². The number of amides is 1. The molecule has 0 aliphatic heterocycles. The number of aryl methyl sites for hydroxylation is 1. The van der Waals surface area contributed by atoms with Gasteiger partial charge in [-0.05, 0) is 30.5 Å². The van der Waals surface area contributed by atoms with Crippen LogP contribution in [-0.2, 0) is 9.47 Å². The lowest BCUT2D eigenvalue weighted by atomic mass is 10.2. The summed E-state index contributed by atoms with van der Waals surface area (Å²) in [7, 11) is 0. The molecule has 1 amide bonds. The molecule has 0 bridgehead atoms. The molecule has 24 heavy (non-hydrogen) atoms. The molecule has 0 saturated carbocycles. The fourth-order valence-electron chi connectivity index (χ4n) is 1.91. The third kappa shape index (κ3) is 7.12. The van der Waals surface area contributed by atoms with Gasteiger partial charge in [-0.2, -0.15) is 0 Å². The maximum absolute atomic E-state index is 11.7. The Kier molecular flexibility index (Phi) is 8.31. The first-order valence-corrected chi connectivity index (χ1v) is 8.80. The molecule has 0 spiro atoms. The van der Waals surface area contributed by atoms with Crippen molar-refractivity contribution >= 4 is 17.2 Å². The number of carbonyl (C=O) groups excluding carboxylic acids is 1. The lowest BCUT2D eigenvalue weighted by Crippen LogP contribution is -2.27. The second-order valence-electron chi connectivity index (χ2n) is 5.12. The smallest absolute Gasteiger partial charge is 0.261 e. The number of hydrogen-bond acceptors (Lipinski definition) is 5. The molecule has 0 fully saturated rings. The van der Waals surface area contributed by atoms with Gasteiger partial charge in [0.2, 0.25) is 0 Å². The van der Waals surface area contributed by atoms with Crippen molar-refractivity contribution in [3.05, 3.63) is 52.2 Å². The minimum atomic E-state index is -0.0573. The maximum Gasteiger partial charge on any atom is 0.261 e. The monoisotopic (exact) mass is 349 g/mol. The summed E-state index contributed by atoms with van der Waals surface area (Å²) >= 11 is 1.42. The normalized spacial score (nSPS) is 10.5. The number of carbonyl (C=O) groups is 1. The van der Waals surface area contributed by atoms with Crippen LogP contribution in [0.2, 0.25) is 0 Å². The molecule has 0 unspecified atom stereocenters. The van der Waals surface area contributed by atoms with Gasteiger partial charge in [0, 0.05) is 6.54 Å². The van der Waals surface area contributed by atoms with E-state index in [0.717, 1.165) is 5.75 Å². The Morgan fingerprint density at radius 3 is 2.42 bits per heavy atom. The van der Waals surface area contributed by atoms with E-state index in [1.807, 2.05) is 42.6 Å². The van der Waals surface area contributed by atoms with Gasteiger partial charge < -0.3 is 19.5 Å². The van der Waals surface area contributed by atoms with Crippen molar-refractivity contribution in [1.29, 1.82) is 0 Å². The summed E-state index contributed by atoms with van der Waals surface area (Å²) < 4.78 is 16.4. The zero-order chi connectivity index (χ0) is 17.0. The molecule has 6 heteroatoms. The van der Waals surface area contributed by atoms with E-state index < -0.39 is 0 Å². The highest BCUT2D eigenvalue weighted by molar-refractivity contribution is 7.12. The third-order valence-corrected chi connectivity index (χ3v) is 4.03. The highest BCUT2D eigenvalue weighted by Gasteiger charge is 2.04. The van der Waals surface area contributed by atoms with Gasteiger partial charge in [0.25, 0.3) is 5.91 Å². The largest absolute Gasteiger partial charge is 0.491 e. The summed E-state index contributed by atoms with van der Waals surface area (Å²) in [6.45, 7) is 5.05. The van der Waals surface area contributed by atoms with Crippen LogP contribution in [0.5, 0.6) is 5.75 Å². The summed E-state index contributed by atoms with van der Waals surface area (Å²) in [6, 6.07) is 11.6. The maximum atomic E-state index is 11.7. The van der Waals surface area contributed by atoms with Crippen molar-refractivity contribution in [3.8, 4) is 5.75 Å². The Balaban J connectivity index is 1.39. The fourth-order valence-corrected chi connectivity index (χ4v) is 2.55. The van der Waals surface area contributed by atoms with Gasteiger partial charge >= 0.3 is 0 Å². The second-order valence-corrected chi connectivity index (χ2v) is 6.07. The molecule has 1 N–H and O–H groups in total. The number of benzene rings is 1. The van der Waals surface area contributed by atoms with E-state index in [1.54, 1.807) is 6.07 Å². The average Bonchev–Trinajstić information content (AvgIpc) is 3.12. The summed E-state index contributed by atoms with van der Waals surface area (Å²) in [5.74, 6) is 0.792. The first kappa shape index (κ1) is 18.4. The van der Waals surface area contributed by atoms with E-state index in [9.17, 15) is 4.79 Å². The molecule has 1 aromatic carbocycles. The number of thiophene rings is 1. The quantitative estimate of drug-likeness (QED) is 0.634. The minimum absolute atomic E-state index is 0.0573. The number of rotatable bonds is 11. The average molecular weight is 349 g/mol. The number of hydrogen-bond donors (Lipinski definition) is 1. The zero-order valence-corrected chi connectivity index (χ0v) is 14.6. The van der Waals surface area contributed by atoms with Gasteiger partial charge in [-0.25, -0.2) is 0 Å². The predicted molar refractivity (Wildman–Crippen MR) is 95.0 cm³/mol. The molecule has 1 heterocycles. The van der Waals surface area contributed by atoms with Crippen LogP contribution in [0, 0.1) is 6.92 Å². The van der Waals surface area contributed by atoms with Crippen LogP contribution in [-0.4, -0.2) is 45.5 Å². The molecule has 0 aliphatic carbocycles. The van der Waals surface area contributed by atoms with E-state index >= 15 is 0 Å². The molecule has 0 atom stereocenters. The molecule has 2 rings (SSSR count). The third-order valence-electron chi connectivity index (χ3n) is 3.17. The van der Waals surface area contributed by atoms with Crippen molar-refractivity contribution in [1.82, 2.24) is 5.32 Å². The molecule has 1 aromatic heterocycles. The van der Waals surface area contributed by atoms with E-state index in [0.29, 0.717) is 44.5 Å². The van der Waals surface area contributed by atoms with E-state index in [-0.39, 0.29) is 5.91 Å². The molecule has 0 saturated heterocycles. The van der Waals surface area contributed by atoms with Crippen LogP contribution < -0.4 is 10.1 Å². The van der Waals surface area contributed by atoms with Gasteiger partial charge in [0.05, 0.1) is 31.3 Å². The van der Waals surface area contributed by atoms with Crippen LogP contribution in [0.15, 0.2) is 41.8 Å². The lowest BCUT2D eigenvalue weighted by Gasteiger charge is -2.08. The van der Waals surface area contributed by atoms with Gasteiger partial charge in [0.15, 0.2) is 0 Å². The Morgan fingerprint density at radius 1 is 1.00 bits per heavy atom. The number of ether oxygens (including phenoxy) is 3. The summed E-state index contributed by atoms with van der Waals surface area (Å²) in [6.07, 6.45) is 0. The molecule has 2 aromatic rings. The Morgan fingerprint density at radius 2 is 1.71 bits per heavy atom. The van der Waals surface area contributed by atoms with Crippen molar-refractivity contribution in [2.75, 3.05) is 39.6 Å². The fraction of sp³-hybridized carbons (Fsp3) is 0.389. The summed E-state index contributed by atoms with van der Waals surface area (Å²) in [4.78, 5) is 12.4. The first-order chi connectivity index (χ1) is 11.8. The van der Waals surface area contributed by atoms with Crippen molar-refractivity contribution in [2.45, 2.75) is 6.92 Å². The van der Waals surface area contributed by atoms with Crippen molar-refractivity contribution < 1.29 is 19.0 Å². The van der Waals surface area contributed by atoms with Crippen molar-refractivity contribution in [2.24, 2.45) is 0 Å².